The van der Waals surface area contributed by atoms with E-state index in [2.05, 4.69) is 15.6 Å². The van der Waals surface area contributed by atoms with Crippen LogP contribution in [0.4, 0.5) is 8.78 Å². The molecule has 0 radical (unpaired) electrons. The van der Waals surface area contributed by atoms with Crippen molar-refractivity contribution in [3.05, 3.63) is 11.4 Å². The summed E-state index contributed by atoms with van der Waals surface area (Å²) in [5.74, 6) is 0.520. The minimum Gasteiger partial charge on any atom is -0.314 e. The lowest BCUT2D eigenvalue weighted by atomic mass is 10.3. The molecule has 2 rings (SSSR count). The Balaban J connectivity index is 2.19. The molecule has 1 heterocycles. The van der Waals surface area contributed by atoms with Gasteiger partial charge in [0.1, 0.15) is 11.4 Å². The Kier molecular flexibility index (Phi) is 2.95. The van der Waals surface area contributed by atoms with Gasteiger partial charge in [0.2, 0.25) is 0 Å². The quantitative estimate of drug-likeness (QED) is 0.807. The molecule has 1 fully saturated rings. The van der Waals surface area contributed by atoms with E-state index in [4.69, 9.17) is 0 Å². The lowest BCUT2D eigenvalue weighted by Gasteiger charge is -2.05. The summed E-state index contributed by atoms with van der Waals surface area (Å²) in [5.41, 5.74) is 0.324. The highest BCUT2D eigenvalue weighted by molar-refractivity contribution is 5.11. The first-order valence-electron chi connectivity index (χ1n) is 5.07. The molecule has 0 aliphatic heterocycles. The van der Waals surface area contributed by atoms with Gasteiger partial charge in [-0.15, -0.1) is 5.10 Å². The summed E-state index contributed by atoms with van der Waals surface area (Å²) in [4.78, 5) is 0. The molecule has 1 aromatic rings. The van der Waals surface area contributed by atoms with Gasteiger partial charge in [-0.2, -0.15) is 0 Å². The minimum atomic E-state index is -2.50. The van der Waals surface area contributed by atoms with Crippen LogP contribution < -0.4 is 5.32 Å². The minimum absolute atomic E-state index is 0.0312. The summed E-state index contributed by atoms with van der Waals surface area (Å²) >= 11 is 0. The first-order chi connectivity index (χ1) is 7.22. The molecular formula is C9H14F2N4. The van der Waals surface area contributed by atoms with E-state index in [0.717, 1.165) is 12.8 Å². The van der Waals surface area contributed by atoms with Gasteiger partial charge in [0, 0.05) is 13.1 Å². The Labute approximate surface area is 86.7 Å². The third-order valence-electron chi connectivity index (χ3n) is 2.53. The first-order valence-corrected chi connectivity index (χ1v) is 5.07. The molecule has 84 valence electrons. The number of aromatic nitrogens is 3. The summed E-state index contributed by atoms with van der Waals surface area (Å²) in [6, 6.07) is 0. The van der Waals surface area contributed by atoms with Gasteiger partial charge < -0.3 is 5.32 Å². The maximum Gasteiger partial charge on any atom is 0.281 e. The Morgan fingerprint density at radius 2 is 2.27 bits per heavy atom. The van der Waals surface area contributed by atoms with Crippen molar-refractivity contribution in [1.29, 1.82) is 0 Å². The van der Waals surface area contributed by atoms with Crippen molar-refractivity contribution in [3.63, 3.8) is 0 Å². The second-order valence-electron chi connectivity index (χ2n) is 3.88. The molecule has 0 spiro atoms. The summed E-state index contributed by atoms with van der Waals surface area (Å²) in [6.45, 7) is 0.917. The molecule has 1 saturated carbocycles. The first kappa shape index (κ1) is 10.5. The Morgan fingerprint density at radius 1 is 1.53 bits per heavy atom. The number of nitrogens with one attached hydrogen (secondary N) is 1. The van der Waals surface area contributed by atoms with E-state index in [1.807, 2.05) is 0 Å². The van der Waals surface area contributed by atoms with Crippen molar-refractivity contribution < 1.29 is 8.78 Å². The highest BCUT2D eigenvalue weighted by Crippen LogP contribution is 2.32. The average molecular weight is 216 g/mol. The lowest BCUT2D eigenvalue weighted by molar-refractivity contribution is 0.137. The second-order valence-corrected chi connectivity index (χ2v) is 3.88. The van der Waals surface area contributed by atoms with Crippen LogP contribution in [0.2, 0.25) is 0 Å². The topological polar surface area (TPSA) is 42.7 Å². The highest BCUT2D eigenvalue weighted by Gasteiger charge is 2.27. The van der Waals surface area contributed by atoms with Crippen molar-refractivity contribution in [2.24, 2.45) is 5.92 Å². The molecule has 0 bridgehead atoms. The molecule has 0 aromatic carbocycles. The number of nitrogens with zero attached hydrogens (tertiary/aromatic N) is 3. The van der Waals surface area contributed by atoms with E-state index in [1.165, 1.54) is 4.68 Å². The standard InChI is InChI=1S/C9H14F2N4/c1-12-4-7-8(9(10)11)15(14-13-7)5-6-2-3-6/h6,9,12H,2-5H2,1H3. The average Bonchev–Trinajstić information content (AvgIpc) is 2.88. The molecule has 1 N–H and O–H groups in total. The second kappa shape index (κ2) is 4.22. The number of alkyl halides is 2. The Hall–Kier alpha value is -1.04. The number of hydrogen-bond acceptors (Lipinski definition) is 3. The predicted octanol–water partition coefficient (Wildman–Crippen LogP) is 1.35. The van der Waals surface area contributed by atoms with Crippen molar-refractivity contribution >= 4 is 0 Å². The van der Waals surface area contributed by atoms with Gasteiger partial charge >= 0.3 is 0 Å². The third-order valence-corrected chi connectivity index (χ3v) is 2.53. The summed E-state index contributed by atoms with van der Waals surface area (Å²) in [7, 11) is 1.70. The van der Waals surface area contributed by atoms with Crippen LogP contribution in [0.5, 0.6) is 0 Å². The maximum atomic E-state index is 12.8. The zero-order valence-electron chi connectivity index (χ0n) is 8.58. The van der Waals surface area contributed by atoms with Crippen LogP contribution in [-0.4, -0.2) is 22.0 Å². The van der Waals surface area contributed by atoms with E-state index >= 15 is 0 Å². The van der Waals surface area contributed by atoms with Gasteiger partial charge in [0.15, 0.2) is 0 Å². The molecule has 1 aliphatic rings. The van der Waals surface area contributed by atoms with Gasteiger partial charge in [0.05, 0.1) is 0 Å². The SMILES string of the molecule is CNCc1nnn(CC2CC2)c1C(F)F. The van der Waals surface area contributed by atoms with Crippen LogP contribution in [0.25, 0.3) is 0 Å². The van der Waals surface area contributed by atoms with Crippen LogP contribution in [-0.2, 0) is 13.1 Å². The molecule has 0 amide bonds. The lowest BCUT2D eigenvalue weighted by Crippen LogP contribution is -2.11. The van der Waals surface area contributed by atoms with Gasteiger partial charge in [-0.25, -0.2) is 13.5 Å². The van der Waals surface area contributed by atoms with Gasteiger partial charge in [0.25, 0.3) is 6.43 Å². The van der Waals surface area contributed by atoms with Crippen molar-refractivity contribution in [2.75, 3.05) is 7.05 Å². The fraction of sp³-hybridized carbons (Fsp3) is 0.778. The van der Waals surface area contributed by atoms with Crippen LogP contribution in [0, 0.1) is 5.92 Å². The zero-order valence-corrected chi connectivity index (χ0v) is 8.58. The Morgan fingerprint density at radius 3 is 2.80 bits per heavy atom. The van der Waals surface area contributed by atoms with E-state index in [1.54, 1.807) is 7.05 Å². The molecule has 1 aliphatic carbocycles. The predicted molar refractivity (Wildman–Crippen MR) is 50.5 cm³/mol. The molecule has 0 unspecified atom stereocenters. The fourth-order valence-corrected chi connectivity index (χ4v) is 1.57. The van der Waals surface area contributed by atoms with E-state index in [9.17, 15) is 8.78 Å². The molecule has 15 heavy (non-hydrogen) atoms. The van der Waals surface area contributed by atoms with Crippen molar-refractivity contribution in [2.45, 2.75) is 32.4 Å². The number of halogens is 2. The molecule has 0 atom stereocenters. The summed E-state index contributed by atoms with van der Waals surface area (Å²) in [6.07, 6.45) is -0.268. The monoisotopic (exact) mass is 216 g/mol. The molecule has 1 aromatic heterocycles. The number of hydrogen-bond donors (Lipinski definition) is 1. The van der Waals surface area contributed by atoms with Crippen LogP contribution in [0.15, 0.2) is 0 Å². The van der Waals surface area contributed by atoms with Gasteiger partial charge in [-0.05, 0) is 25.8 Å². The molecule has 0 saturated heterocycles. The summed E-state index contributed by atoms with van der Waals surface area (Å²) in [5, 5.41) is 10.4. The third kappa shape index (κ3) is 2.31. The number of rotatable bonds is 5. The van der Waals surface area contributed by atoms with E-state index in [-0.39, 0.29) is 5.69 Å². The largest absolute Gasteiger partial charge is 0.314 e. The van der Waals surface area contributed by atoms with E-state index in [0.29, 0.717) is 24.7 Å². The summed E-state index contributed by atoms with van der Waals surface area (Å²) < 4.78 is 26.9. The normalized spacial score (nSPS) is 16.3. The Bertz CT molecular complexity index is 333. The van der Waals surface area contributed by atoms with Crippen molar-refractivity contribution in [3.8, 4) is 0 Å². The molecular weight excluding hydrogens is 202 g/mol. The molecule has 4 nitrogen and oxygen atoms in total. The van der Waals surface area contributed by atoms with Gasteiger partial charge in [-0.1, -0.05) is 5.21 Å². The van der Waals surface area contributed by atoms with Crippen LogP contribution in [0.3, 0.4) is 0 Å². The fourth-order valence-electron chi connectivity index (χ4n) is 1.57. The zero-order chi connectivity index (χ0) is 10.8. The van der Waals surface area contributed by atoms with Crippen LogP contribution in [0.1, 0.15) is 30.7 Å². The van der Waals surface area contributed by atoms with Crippen LogP contribution >= 0.6 is 0 Å². The van der Waals surface area contributed by atoms with Gasteiger partial charge in [-0.3, -0.25) is 0 Å². The smallest absolute Gasteiger partial charge is 0.281 e. The van der Waals surface area contributed by atoms with E-state index < -0.39 is 6.43 Å². The molecule has 6 heteroatoms. The maximum absolute atomic E-state index is 12.8. The van der Waals surface area contributed by atoms with Crippen molar-refractivity contribution in [1.82, 2.24) is 20.3 Å². The highest BCUT2D eigenvalue weighted by atomic mass is 19.3.